The van der Waals surface area contributed by atoms with Crippen molar-refractivity contribution in [2.75, 3.05) is 5.32 Å². The Morgan fingerprint density at radius 1 is 1.25 bits per heavy atom. The summed E-state index contributed by atoms with van der Waals surface area (Å²) in [5, 5.41) is 8.35. The number of carbonyl (C=O) groups is 1. The van der Waals surface area contributed by atoms with Gasteiger partial charge in [-0.25, -0.2) is 0 Å². The standard InChI is InChI=1S/C17H15Cl2N3O2/c1-10-16(20-17(23)15-4-3-7-24-15)11(2)22(21-10)9-12-5-6-13(18)14(19)8-12/h3-8H,9H2,1-2H3,(H,20,23). The first-order valence-corrected chi connectivity index (χ1v) is 8.04. The second kappa shape index (κ2) is 6.71. The lowest BCUT2D eigenvalue weighted by molar-refractivity contribution is 0.0996. The van der Waals surface area contributed by atoms with Crippen LogP contribution in [0.25, 0.3) is 0 Å². The van der Waals surface area contributed by atoms with Crippen LogP contribution in [0.15, 0.2) is 41.0 Å². The van der Waals surface area contributed by atoms with Crippen LogP contribution < -0.4 is 5.32 Å². The Kier molecular flexibility index (Phi) is 4.64. The summed E-state index contributed by atoms with van der Waals surface area (Å²) >= 11 is 12.0. The number of aromatic nitrogens is 2. The van der Waals surface area contributed by atoms with Crippen molar-refractivity contribution in [3.63, 3.8) is 0 Å². The van der Waals surface area contributed by atoms with Crippen molar-refractivity contribution >= 4 is 34.8 Å². The van der Waals surface area contributed by atoms with Crippen molar-refractivity contribution < 1.29 is 9.21 Å². The van der Waals surface area contributed by atoms with Gasteiger partial charge in [-0.3, -0.25) is 9.48 Å². The summed E-state index contributed by atoms with van der Waals surface area (Å²) in [6, 6.07) is 8.74. The summed E-state index contributed by atoms with van der Waals surface area (Å²) in [6.07, 6.45) is 1.46. The first-order valence-electron chi connectivity index (χ1n) is 7.28. The van der Waals surface area contributed by atoms with Gasteiger partial charge in [0.25, 0.3) is 5.91 Å². The van der Waals surface area contributed by atoms with Gasteiger partial charge < -0.3 is 9.73 Å². The van der Waals surface area contributed by atoms with Crippen molar-refractivity contribution in [3.05, 3.63) is 69.4 Å². The number of hydrogen-bond donors (Lipinski definition) is 1. The monoisotopic (exact) mass is 363 g/mol. The van der Waals surface area contributed by atoms with Crippen molar-refractivity contribution in [1.29, 1.82) is 0 Å². The maximum atomic E-state index is 12.2. The molecule has 3 aromatic rings. The van der Waals surface area contributed by atoms with Crippen molar-refractivity contribution in [3.8, 4) is 0 Å². The normalized spacial score (nSPS) is 10.8. The van der Waals surface area contributed by atoms with Crippen LogP contribution in [0.3, 0.4) is 0 Å². The van der Waals surface area contributed by atoms with Crippen LogP contribution in [-0.4, -0.2) is 15.7 Å². The quantitative estimate of drug-likeness (QED) is 0.730. The lowest BCUT2D eigenvalue weighted by Crippen LogP contribution is -2.12. The summed E-state index contributed by atoms with van der Waals surface area (Å²) in [6.45, 7) is 4.27. The van der Waals surface area contributed by atoms with E-state index < -0.39 is 0 Å². The highest BCUT2D eigenvalue weighted by atomic mass is 35.5. The van der Waals surface area contributed by atoms with Gasteiger partial charge in [0.2, 0.25) is 0 Å². The smallest absolute Gasteiger partial charge is 0.291 e. The number of aryl methyl sites for hydroxylation is 1. The van der Waals surface area contributed by atoms with E-state index in [1.165, 1.54) is 6.26 Å². The maximum Gasteiger partial charge on any atom is 0.291 e. The number of nitrogens with one attached hydrogen (secondary N) is 1. The molecule has 2 heterocycles. The van der Waals surface area contributed by atoms with Crippen molar-refractivity contribution in [1.82, 2.24) is 9.78 Å². The number of benzene rings is 1. The van der Waals surface area contributed by atoms with Crippen LogP contribution in [0.4, 0.5) is 5.69 Å². The van der Waals surface area contributed by atoms with Gasteiger partial charge in [0, 0.05) is 0 Å². The number of hydrogen-bond acceptors (Lipinski definition) is 3. The summed E-state index contributed by atoms with van der Waals surface area (Å²) in [4.78, 5) is 12.2. The molecule has 0 saturated carbocycles. The lowest BCUT2D eigenvalue weighted by atomic mass is 10.2. The average Bonchev–Trinajstić information content (AvgIpc) is 3.16. The summed E-state index contributed by atoms with van der Waals surface area (Å²) < 4.78 is 6.92. The highest BCUT2D eigenvalue weighted by molar-refractivity contribution is 6.42. The van der Waals surface area contributed by atoms with E-state index in [2.05, 4.69) is 10.4 Å². The van der Waals surface area contributed by atoms with Gasteiger partial charge in [-0.1, -0.05) is 29.3 Å². The number of anilines is 1. The zero-order valence-electron chi connectivity index (χ0n) is 13.1. The molecule has 0 fully saturated rings. The minimum Gasteiger partial charge on any atom is -0.459 e. The second-order valence-electron chi connectivity index (χ2n) is 5.38. The molecule has 0 unspecified atom stereocenters. The Balaban J connectivity index is 1.83. The Morgan fingerprint density at radius 3 is 2.71 bits per heavy atom. The molecular weight excluding hydrogens is 349 g/mol. The fraction of sp³-hybridized carbons (Fsp3) is 0.176. The molecule has 2 aromatic heterocycles. The fourth-order valence-corrected chi connectivity index (χ4v) is 2.75. The minimum atomic E-state index is -0.305. The topological polar surface area (TPSA) is 60.1 Å². The third kappa shape index (κ3) is 3.32. The van der Waals surface area contributed by atoms with Crippen LogP contribution in [0.1, 0.15) is 27.5 Å². The molecule has 0 aliphatic carbocycles. The van der Waals surface area contributed by atoms with E-state index in [1.807, 2.05) is 24.6 Å². The van der Waals surface area contributed by atoms with E-state index in [1.54, 1.807) is 24.3 Å². The summed E-state index contributed by atoms with van der Waals surface area (Å²) in [5.74, 6) is -0.0497. The van der Waals surface area contributed by atoms with Gasteiger partial charge in [0.05, 0.1) is 39.9 Å². The molecule has 1 aromatic carbocycles. The zero-order chi connectivity index (χ0) is 17.3. The van der Waals surface area contributed by atoms with Crippen LogP contribution in [-0.2, 0) is 6.54 Å². The number of nitrogens with zero attached hydrogens (tertiary/aromatic N) is 2. The lowest BCUT2D eigenvalue weighted by Gasteiger charge is -2.07. The molecule has 24 heavy (non-hydrogen) atoms. The van der Waals surface area contributed by atoms with Crippen LogP contribution in [0, 0.1) is 13.8 Å². The number of rotatable bonds is 4. The van der Waals surface area contributed by atoms with Crippen LogP contribution in [0.5, 0.6) is 0 Å². The predicted octanol–water partition coefficient (Wildman–Crippen LogP) is 4.70. The number of amides is 1. The maximum absolute atomic E-state index is 12.2. The van der Waals surface area contributed by atoms with Gasteiger partial charge >= 0.3 is 0 Å². The third-order valence-electron chi connectivity index (χ3n) is 3.68. The SMILES string of the molecule is Cc1nn(Cc2ccc(Cl)c(Cl)c2)c(C)c1NC(=O)c1ccco1. The van der Waals surface area contributed by atoms with E-state index in [4.69, 9.17) is 27.6 Å². The molecule has 124 valence electrons. The first kappa shape index (κ1) is 16.6. The predicted molar refractivity (Wildman–Crippen MR) is 93.9 cm³/mol. The van der Waals surface area contributed by atoms with Gasteiger partial charge in [0.1, 0.15) is 0 Å². The van der Waals surface area contributed by atoms with Crippen molar-refractivity contribution in [2.24, 2.45) is 0 Å². The van der Waals surface area contributed by atoms with Crippen LogP contribution >= 0.6 is 23.2 Å². The molecule has 1 N–H and O–H groups in total. The number of halogens is 2. The molecule has 7 heteroatoms. The van der Waals surface area contributed by atoms with E-state index in [9.17, 15) is 4.79 Å². The molecule has 1 amide bonds. The van der Waals surface area contributed by atoms with Gasteiger partial charge in [-0.15, -0.1) is 0 Å². The first-order chi connectivity index (χ1) is 11.5. The van der Waals surface area contributed by atoms with Gasteiger partial charge in [-0.2, -0.15) is 5.10 Å². The number of carbonyl (C=O) groups excluding carboxylic acids is 1. The molecular formula is C17H15Cl2N3O2. The highest BCUT2D eigenvalue weighted by Crippen LogP contribution is 2.25. The highest BCUT2D eigenvalue weighted by Gasteiger charge is 2.17. The van der Waals surface area contributed by atoms with Crippen LogP contribution in [0.2, 0.25) is 10.0 Å². The molecule has 3 rings (SSSR count). The third-order valence-corrected chi connectivity index (χ3v) is 4.42. The minimum absolute atomic E-state index is 0.256. The average molecular weight is 364 g/mol. The van der Waals surface area contributed by atoms with E-state index in [-0.39, 0.29) is 11.7 Å². The number of furan rings is 1. The molecule has 0 aliphatic heterocycles. The zero-order valence-corrected chi connectivity index (χ0v) is 14.6. The molecule has 5 nitrogen and oxygen atoms in total. The second-order valence-corrected chi connectivity index (χ2v) is 6.20. The summed E-state index contributed by atoms with van der Waals surface area (Å²) in [7, 11) is 0. The fourth-order valence-electron chi connectivity index (χ4n) is 2.43. The molecule has 0 saturated heterocycles. The Hall–Kier alpha value is -2.24. The molecule has 0 atom stereocenters. The largest absolute Gasteiger partial charge is 0.459 e. The molecule has 0 bridgehead atoms. The Labute approximate surface area is 149 Å². The van der Waals surface area contributed by atoms with Crippen molar-refractivity contribution in [2.45, 2.75) is 20.4 Å². The van der Waals surface area contributed by atoms with E-state index in [0.29, 0.717) is 22.3 Å². The van der Waals surface area contributed by atoms with E-state index >= 15 is 0 Å². The van der Waals surface area contributed by atoms with E-state index in [0.717, 1.165) is 17.0 Å². The molecule has 0 spiro atoms. The Morgan fingerprint density at radius 2 is 2.04 bits per heavy atom. The van der Waals surface area contributed by atoms with Gasteiger partial charge in [-0.05, 0) is 43.7 Å². The Bertz CT molecular complexity index is 886. The molecule has 0 radical (unpaired) electrons. The molecule has 0 aliphatic rings. The van der Waals surface area contributed by atoms with Gasteiger partial charge in [0.15, 0.2) is 5.76 Å². The summed E-state index contributed by atoms with van der Waals surface area (Å²) in [5.41, 5.74) is 3.22.